The van der Waals surface area contributed by atoms with Crippen molar-refractivity contribution in [1.82, 2.24) is 19.7 Å². The number of carboxylic acid groups (broad SMARTS) is 1. The summed E-state index contributed by atoms with van der Waals surface area (Å²) in [5.41, 5.74) is 0.572. The number of pyridine rings is 1. The SMILES string of the molecule is CCc1cc(C(=O)O)cc(Sc2n[nH]c(=O)n2C(C)C)n1. The lowest BCUT2D eigenvalue weighted by Gasteiger charge is -2.09. The summed E-state index contributed by atoms with van der Waals surface area (Å²) in [6.45, 7) is 5.65. The van der Waals surface area contributed by atoms with Gasteiger partial charge in [0.2, 0.25) is 0 Å². The fraction of sp³-hybridized carbons (Fsp3) is 0.385. The summed E-state index contributed by atoms with van der Waals surface area (Å²) < 4.78 is 1.51. The van der Waals surface area contributed by atoms with Gasteiger partial charge in [0.15, 0.2) is 5.16 Å². The van der Waals surface area contributed by atoms with E-state index in [4.69, 9.17) is 5.11 Å². The Hall–Kier alpha value is -2.09. The van der Waals surface area contributed by atoms with E-state index in [1.54, 1.807) is 6.07 Å². The van der Waals surface area contributed by atoms with Crippen LogP contribution in [0.2, 0.25) is 0 Å². The number of nitrogens with one attached hydrogen (secondary N) is 1. The van der Waals surface area contributed by atoms with Gasteiger partial charge >= 0.3 is 11.7 Å². The second kappa shape index (κ2) is 6.13. The quantitative estimate of drug-likeness (QED) is 0.875. The summed E-state index contributed by atoms with van der Waals surface area (Å²) >= 11 is 1.17. The minimum atomic E-state index is -1.00. The summed E-state index contributed by atoms with van der Waals surface area (Å²) in [4.78, 5) is 27.2. The summed E-state index contributed by atoms with van der Waals surface area (Å²) in [6.07, 6.45) is 0.631. The maximum Gasteiger partial charge on any atom is 0.344 e. The number of aromatic amines is 1. The first-order chi connectivity index (χ1) is 9.92. The lowest BCUT2D eigenvalue weighted by molar-refractivity contribution is 0.0696. The van der Waals surface area contributed by atoms with Crippen LogP contribution in [0.1, 0.15) is 42.9 Å². The van der Waals surface area contributed by atoms with E-state index in [-0.39, 0.29) is 17.3 Å². The first-order valence-electron chi connectivity index (χ1n) is 6.51. The number of H-pyrrole nitrogens is 1. The molecule has 0 fully saturated rings. The molecule has 8 heteroatoms. The van der Waals surface area contributed by atoms with Crippen LogP contribution in [-0.2, 0) is 6.42 Å². The molecule has 0 saturated heterocycles. The van der Waals surface area contributed by atoms with E-state index in [1.807, 2.05) is 20.8 Å². The van der Waals surface area contributed by atoms with Gasteiger partial charge in [-0.15, -0.1) is 5.10 Å². The monoisotopic (exact) mass is 308 g/mol. The van der Waals surface area contributed by atoms with E-state index in [0.717, 1.165) is 0 Å². The third kappa shape index (κ3) is 3.33. The summed E-state index contributed by atoms with van der Waals surface area (Å²) in [7, 11) is 0. The van der Waals surface area contributed by atoms with Crippen molar-refractivity contribution in [1.29, 1.82) is 0 Å². The van der Waals surface area contributed by atoms with Gasteiger partial charge in [0.25, 0.3) is 0 Å². The summed E-state index contributed by atoms with van der Waals surface area (Å²) in [5.74, 6) is -1.00. The van der Waals surface area contributed by atoms with Crippen LogP contribution in [0.15, 0.2) is 27.1 Å². The van der Waals surface area contributed by atoms with Crippen molar-refractivity contribution in [3.8, 4) is 0 Å². The Balaban J connectivity index is 2.42. The smallest absolute Gasteiger partial charge is 0.344 e. The van der Waals surface area contributed by atoms with E-state index < -0.39 is 5.97 Å². The molecular formula is C13H16N4O3S. The Labute approximate surface area is 125 Å². The maximum atomic E-state index is 11.7. The molecular weight excluding hydrogens is 292 g/mol. The van der Waals surface area contributed by atoms with Gasteiger partial charge in [-0.25, -0.2) is 19.7 Å². The van der Waals surface area contributed by atoms with Gasteiger partial charge in [0.1, 0.15) is 5.03 Å². The minimum absolute atomic E-state index is 0.0490. The summed E-state index contributed by atoms with van der Waals surface area (Å²) in [5, 5.41) is 16.5. The largest absolute Gasteiger partial charge is 0.478 e. The second-order valence-electron chi connectivity index (χ2n) is 4.72. The number of carboxylic acids is 1. The topological polar surface area (TPSA) is 101 Å². The van der Waals surface area contributed by atoms with Crippen molar-refractivity contribution in [3.63, 3.8) is 0 Å². The highest BCUT2D eigenvalue weighted by Crippen LogP contribution is 2.26. The molecule has 0 amide bonds. The first-order valence-corrected chi connectivity index (χ1v) is 7.33. The fourth-order valence-corrected chi connectivity index (χ4v) is 2.85. The predicted octanol–water partition coefficient (Wildman–Crippen LogP) is 1.96. The molecule has 2 rings (SSSR count). The van der Waals surface area contributed by atoms with Gasteiger partial charge in [0, 0.05) is 11.7 Å². The number of aromatic nitrogens is 4. The highest BCUT2D eigenvalue weighted by molar-refractivity contribution is 7.99. The van der Waals surface area contributed by atoms with Gasteiger partial charge in [0.05, 0.1) is 5.56 Å². The average molecular weight is 308 g/mol. The van der Waals surface area contributed by atoms with Crippen LogP contribution in [0.4, 0.5) is 0 Å². The molecule has 2 aromatic heterocycles. The van der Waals surface area contributed by atoms with E-state index in [1.165, 1.54) is 22.4 Å². The minimum Gasteiger partial charge on any atom is -0.478 e. The Kier molecular flexibility index (Phi) is 4.46. The molecule has 21 heavy (non-hydrogen) atoms. The number of aryl methyl sites for hydroxylation is 1. The van der Waals surface area contributed by atoms with Crippen molar-refractivity contribution in [2.75, 3.05) is 0 Å². The van der Waals surface area contributed by atoms with Gasteiger partial charge in [-0.2, -0.15) is 0 Å². The standard InChI is InChI=1S/C13H16N4O3S/c1-4-9-5-8(11(18)19)6-10(14-9)21-13-16-15-12(20)17(13)7(2)3/h5-7H,4H2,1-3H3,(H,15,20)(H,18,19). The van der Waals surface area contributed by atoms with E-state index in [2.05, 4.69) is 15.2 Å². The lowest BCUT2D eigenvalue weighted by atomic mass is 10.2. The Morgan fingerprint density at radius 3 is 2.76 bits per heavy atom. The van der Waals surface area contributed by atoms with Crippen molar-refractivity contribution in [3.05, 3.63) is 33.9 Å². The molecule has 2 heterocycles. The van der Waals surface area contributed by atoms with Gasteiger partial charge < -0.3 is 5.11 Å². The predicted molar refractivity (Wildman–Crippen MR) is 77.9 cm³/mol. The molecule has 0 radical (unpaired) electrons. The molecule has 0 bridgehead atoms. The Morgan fingerprint density at radius 2 is 2.19 bits per heavy atom. The van der Waals surface area contributed by atoms with Crippen LogP contribution >= 0.6 is 11.8 Å². The fourth-order valence-electron chi connectivity index (χ4n) is 1.83. The Morgan fingerprint density at radius 1 is 1.48 bits per heavy atom. The zero-order chi connectivity index (χ0) is 15.6. The van der Waals surface area contributed by atoms with Gasteiger partial charge in [-0.05, 0) is 44.2 Å². The highest BCUT2D eigenvalue weighted by atomic mass is 32.2. The van der Waals surface area contributed by atoms with Gasteiger partial charge in [-0.3, -0.25) is 4.57 Å². The van der Waals surface area contributed by atoms with Crippen molar-refractivity contribution in [2.45, 2.75) is 43.4 Å². The number of hydrogen-bond donors (Lipinski definition) is 2. The van der Waals surface area contributed by atoms with Crippen molar-refractivity contribution in [2.24, 2.45) is 0 Å². The van der Waals surface area contributed by atoms with Crippen LogP contribution < -0.4 is 5.69 Å². The number of nitrogens with zero attached hydrogens (tertiary/aromatic N) is 3. The zero-order valence-corrected chi connectivity index (χ0v) is 12.8. The molecule has 0 saturated carbocycles. The molecule has 112 valence electrons. The van der Waals surface area contributed by atoms with E-state index in [9.17, 15) is 9.59 Å². The molecule has 2 aromatic rings. The number of carbonyl (C=O) groups is 1. The lowest BCUT2D eigenvalue weighted by Crippen LogP contribution is -2.19. The van der Waals surface area contributed by atoms with Crippen LogP contribution in [0.25, 0.3) is 0 Å². The Bertz CT molecular complexity index is 720. The van der Waals surface area contributed by atoms with Gasteiger partial charge in [-0.1, -0.05) is 6.92 Å². The molecule has 0 unspecified atom stereocenters. The number of rotatable bonds is 5. The summed E-state index contributed by atoms with van der Waals surface area (Å²) in [6, 6.07) is 2.98. The van der Waals surface area contributed by atoms with Crippen molar-refractivity contribution < 1.29 is 9.90 Å². The third-order valence-electron chi connectivity index (χ3n) is 2.85. The van der Waals surface area contributed by atoms with Crippen molar-refractivity contribution >= 4 is 17.7 Å². The van der Waals surface area contributed by atoms with Crippen LogP contribution in [-0.4, -0.2) is 30.8 Å². The van der Waals surface area contributed by atoms with E-state index >= 15 is 0 Å². The highest BCUT2D eigenvalue weighted by Gasteiger charge is 2.15. The molecule has 7 nitrogen and oxygen atoms in total. The third-order valence-corrected chi connectivity index (χ3v) is 3.74. The molecule has 2 N–H and O–H groups in total. The maximum absolute atomic E-state index is 11.7. The molecule has 0 aliphatic rings. The zero-order valence-electron chi connectivity index (χ0n) is 12.0. The van der Waals surface area contributed by atoms with E-state index in [0.29, 0.717) is 22.3 Å². The average Bonchev–Trinajstić information content (AvgIpc) is 2.79. The van der Waals surface area contributed by atoms with Crippen LogP contribution in [0.5, 0.6) is 0 Å². The van der Waals surface area contributed by atoms with Crippen LogP contribution in [0.3, 0.4) is 0 Å². The molecule has 0 aliphatic heterocycles. The number of aromatic carboxylic acids is 1. The molecule has 0 spiro atoms. The second-order valence-corrected chi connectivity index (χ2v) is 5.71. The molecule has 0 aliphatic carbocycles. The molecule has 0 aromatic carbocycles. The number of hydrogen-bond acceptors (Lipinski definition) is 5. The normalized spacial score (nSPS) is 11.0. The van der Waals surface area contributed by atoms with Crippen LogP contribution in [0, 0.1) is 0 Å². The molecule has 0 atom stereocenters. The first kappa shape index (κ1) is 15.3.